The number of nitrogens with one attached hydrogen (secondary N) is 1. The molecule has 0 spiro atoms. The molecule has 1 aromatic carbocycles. The third-order valence-corrected chi connectivity index (χ3v) is 4.36. The molecule has 1 aromatic heterocycles. The zero-order valence-electron chi connectivity index (χ0n) is 11.4. The maximum atomic E-state index is 12.3. The van der Waals surface area contributed by atoms with Gasteiger partial charge in [0.2, 0.25) is 0 Å². The SMILES string of the molecule is Cc1ccc(C)c(NS(=O)(=O)c2cn(C)nc2C)c1. The van der Waals surface area contributed by atoms with Crippen LogP contribution in [0.15, 0.2) is 29.3 Å². The van der Waals surface area contributed by atoms with Crippen LogP contribution in [0, 0.1) is 20.8 Å². The van der Waals surface area contributed by atoms with Gasteiger partial charge >= 0.3 is 0 Å². The summed E-state index contributed by atoms with van der Waals surface area (Å²) < 4.78 is 28.8. The average Bonchev–Trinajstić information content (AvgIpc) is 2.63. The van der Waals surface area contributed by atoms with Gasteiger partial charge in [-0.05, 0) is 38.0 Å². The largest absolute Gasteiger partial charge is 0.279 e. The Kier molecular flexibility index (Phi) is 3.36. The average molecular weight is 279 g/mol. The van der Waals surface area contributed by atoms with E-state index in [2.05, 4.69) is 9.82 Å². The van der Waals surface area contributed by atoms with Gasteiger partial charge in [0.25, 0.3) is 10.0 Å². The van der Waals surface area contributed by atoms with Gasteiger partial charge in [-0.1, -0.05) is 12.1 Å². The monoisotopic (exact) mass is 279 g/mol. The van der Waals surface area contributed by atoms with Gasteiger partial charge in [0, 0.05) is 13.2 Å². The van der Waals surface area contributed by atoms with E-state index in [1.807, 2.05) is 32.0 Å². The van der Waals surface area contributed by atoms with Gasteiger partial charge in [0.05, 0.1) is 11.4 Å². The summed E-state index contributed by atoms with van der Waals surface area (Å²) in [5.41, 5.74) is 2.98. The normalized spacial score (nSPS) is 11.6. The van der Waals surface area contributed by atoms with E-state index in [1.54, 1.807) is 14.0 Å². The lowest BCUT2D eigenvalue weighted by Crippen LogP contribution is -2.14. The molecule has 0 amide bonds. The van der Waals surface area contributed by atoms with Crippen molar-refractivity contribution in [1.82, 2.24) is 9.78 Å². The molecule has 0 aliphatic carbocycles. The predicted octanol–water partition coefficient (Wildman–Crippen LogP) is 2.15. The lowest BCUT2D eigenvalue weighted by molar-refractivity contribution is 0.600. The molecule has 0 unspecified atom stereocenters. The number of sulfonamides is 1. The van der Waals surface area contributed by atoms with E-state index in [0.717, 1.165) is 11.1 Å². The van der Waals surface area contributed by atoms with E-state index in [0.29, 0.717) is 11.4 Å². The van der Waals surface area contributed by atoms with Gasteiger partial charge < -0.3 is 0 Å². The zero-order valence-corrected chi connectivity index (χ0v) is 12.2. The van der Waals surface area contributed by atoms with Gasteiger partial charge in [-0.2, -0.15) is 5.10 Å². The van der Waals surface area contributed by atoms with Crippen LogP contribution in [-0.4, -0.2) is 18.2 Å². The van der Waals surface area contributed by atoms with Crippen molar-refractivity contribution in [2.75, 3.05) is 4.72 Å². The zero-order chi connectivity index (χ0) is 14.2. The van der Waals surface area contributed by atoms with Crippen molar-refractivity contribution in [3.63, 3.8) is 0 Å². The second kappa shape index (κ2) is 4.70. The quantitative estimate of drug-likeness (QED) is 0.936. The van der Waals surface area contributed by atoms with Crippen molar-refractivity contribution >= 4 is 15.7 Å². The molecule has 2 aromatic rings. The van der Waals surface area contributed by atoms with Crippen molar-refractivity contribution < 1.29 is 8.42 Å². The van der Waals surface area contributed by atoms with Gasteiger partial charge in [0.1, 0.15) is 4.90 Å². The molecule has 19 heavy (non-hydrogen) atoms. The minimum absolute atomic E-state index is 0.205. The van der Waals surface area contributed by atoms with Crippen LogP contribution in [0.25, 0.3) is 0 Å². The minimum atomic E-state index is -3.60. The summed E-state index contributed by atoms with van der Waals surface area (Å²) in [6.07, 6.45) is 1.50. The Labute approximate surface area is 113 Å². The van der Waals surface area contributed by atoms with Crippen LogP contribution >= 0.6 is 0 Å². The first-order valence-electron chi connectivity index (χ1n) is 5.90. The molecule has 6 heteroatoms. The first kappa shape index (κ1) is 13.6. The molecule has 0 aliphatic rings. The van der Waals surface area contributed by atoms with Crippen molar-refractivity contribution in [2.45, 2.75) is 25.7 Å². The second-order valence-electron chi connectivity index (χ2n) is 4.68. The topological polar surface area (TPSA) is 64.0 Å². The fraction of sp³-hybridized carbons (Fsp3) is 0.308. The summed E-state index contributed by atoms with van der Waals surface area (Å²) >= 11 is 0. The molecule has 0 saturated carbocycles. The molecular formula is C13H17N3O2S. The lowest BCUT2D eigenvalue weighted by Gasteiger charge is -2.10. The summed E-state index contributed by atoms with van der Waals surface area (Å²) in [4.78, 5) is 0.205. The number of hydrogen-bond donors (Lipinski definition) is 1. The Balaban J connectivity index is 2.42. The summed E-state index contributed by atoms with van der Waals surface area (Å²) in [7, 11) is -1.90. The fourth-order valence-electron chi connectivity index (χ4n) is 1.89. The van der Waals surface area contributed by atoms with E-state index in [1.165, 1.54) is 10.9 Å². The molecule has 1 N–H and O–H groups in total. The second-order valence-corrected chi connectivity index (χ2v) is 6.33. The maximum Gasteiger partial charge on any atom is 0.265 e. The van der Waals surface area contributed by atoms with Crippen LogP contribution in [0.1, 0.15) is 16.8 Å². The molecule has 0 aliphatic heterocycles. The standard InChI is InChI=1S/C13H17N3O2S/c1-9-5-6-10(2)12(7-9)15-19(17,18)13-8-16(4)14-11(13)3/h5-8,15H,1-4H3. The highest BCUT2D eigenvalue weighted by atomic mass is 32.2. The van der Waals surface area contributed by atoms with Crippen molar-refractivity contribution in [3.05, 3.63) is 41.2 Å². The Hall–Kier alpha value is -1.82. The van der Waals surface area contributed by atoms with Crippen LogP contribution in [0.3, 0.4) is 0 Å². The summed E-state index contributed by atoms with van der Waals surface area (Å²) in [5, 5.41) is 4.06. The number of benzene rings is 1. The first-order chi connectivity index (χ1) is 8.79. The van der Waals surface area contributed by atoms with Crippen molar-refractivity contribution in [3.8, 4) is 0 Å². The molecule has 2 rings (SSSR count). The first-order valence-corrected chi connectivity index (χ1v) is 7.38. The number of nitrogens with zero attached hydrogens (tertiary/aromatic N) is 2. The van der Waals surface area contributed by atoms with E-state index in [-0.39, 0.29) is 4.90 Å². The Morgan fingerprint density at radius 1 is 1.21 bits per heavy atom. The highest BCUT2D eigenvalue weighted by molar-refractivity contribution is 7.92. The van der Waals surface area contributed by atoms with Crippen molar-refractivity contribution in [1.29, 1.82) is 0 Å². The lowest BCUT2D eigenvalue weighted by atomic mass is 10.1. The third kappa shape index (κ3) is 2.78. The molecule has 5 nitrogen and oxygen atoms in total. The van der Waals surface area contributed by atoms with Gasteiger partial charge in [-0.15, -0.1) is 0 Å². The summed E-state index contributed by atoms with van der Waals surface area (Å²) in [6, 6.07) is 5.66. The smallest absolute Gasteiger partial charge is 0.265 e. The maximum absolute atomic E-state index is 12.3. The molecule has 1 heterocycles. The molecule has 0 radical (unpaired) electrons. The molecule has 0 fully saturated rings. The highest BCUT2D eigenvalue weighted by Gasteiger charge is 2.20. The number of aromatic nitrogens is 2. The Morgan fingerprint density at radius 2 is 1.89 bits per heavy atom. The predicted molar refractivity (Wildman–Crippen MR) is 74.7 cm³/mol. The number of aryl methyl sites for hydroxylation is 4. The number of hydrogen-bond acceptors (Lipinski definition) is 3. The van der Waals surface area contributed by atoms with Crippen LogP contribution in [0.4, 0.5) is 5.69 Å². The Morgan fingerprint density at radius 3 is 2.47 bits per heavy atom. The van der Waals surface area contributed by atoms with E-state index >= 15 is 0 Å². The van der Waals surface area contributed by atoms with E-state index in [9.17, 15) is 8.42 Å². The van der Waals surface area contributed by atoms with Gasteiger partial charge in [-0.25, -0.2) is 8.42 Å². The molecule has 0 atom stereocenters. The molecule has 0 bridgehead atoms. The number of rotatable bonds is 3. The van der Waals surface area contributed by atoms with Gasteiger partial charge in [-0.3, -0.25) is 9.40 Å². The van der Waals surface area contributed by atoms with E-state index < -0.39 is 10.0 Å². The van der Waals surface area contributed by atoms with Crippen LogP contribution in [-0.2, 0) is 17.1 Å². The molecule has 0 saturated heterocycles. The summed E-state index contributed by atoms with van der Waals surface area (Å²) in [6.45, 7) is 5.47. The van der Waals surface area contributed by atoms with E-state index in [4.69, 9.17) is 0 Å². The number of anilines is 1. The summed E-state index contributed by atoms with van der Waals surface area (Å²) in [5.74, 6) is 0. The van der Waals surface area contributed by atoms with Crippen LogP contribution < -0.4 is 4.72 Å². The third-order valence-electron chi connectivity index (χ3n) is 2.90. The molecule has 102 valence electrons. The fourth-order valence-corrected chi connectivity index (χ4v) is 3.23. The van der Waals surface area contributed by atoms with Gasteiger partial charge in [0.15, 0.2) is 0 Å². The Bertz CT molecular complexity index is 717. The highest BCUT2D eigenvalue weighted by Crippen LogP contribution is 2.22. The van der Waals surface area contributed by atoms with Crippen LogP contribution in [0.2, 0.25) is 0 Å². The minimum Gasteiger partial charge on any atom is -0.279 e. The van der Waals surface area contributed by atoms with Crippen molar-refractivity contribution in [2.24, 2.45) is 7.05 Å². The molecular weight excluding hydrogens is 262 g/mol. The van der Waals surface area contributed by atoms with Crippen LogP contribution in [0.5, 0.6) is 0 Å².